The molecule has 0 aromatic heterocycles. The summed E-state index contributed by atoms with van der Waals surface area (Å²) in [6.07, 6.45) is 3.98. The van der Waals surface area contributed by atoms with Crippen LogP contribution in [0.5, 0.6) is 5.75 Å². The molecule has 1 atom stereocenters. The van der Waals surface area contributed by atoms with Gasteiger partial charge >= 0.3 is 0 Å². The highest BCUT2D eigenvalue weighted by atomic mass is 35.5. The van der Waals surface area contributed by atoms with Gasteiger partial charge in [-0.05, 0) is 68.9 Å². The standard InChI is InChI=1S/C37H47ClN4O7/c1-37(2,36(46)40-23-13-5-9-19-33(44)42-48)28-20-21-30(38)29(25-28)35(26-14-6-3-7-15-26)49-31-17-11-10-16-27(31)24-34(45)39-22-12-4-8-18-32(43)41-47/h3,6-7,10-11,14-17,20-21,25,35,47-48H,4-5,8-9,12-13,18-19,22-24H2,1-2H3,(H,39,45)(H,40,46)(H,41,43)(H,42,44). The Balaban J connectivity index is 1.74. The van der Waals surface area contributed by atoms with Crippen molar-refractivity contribution in [1.29, 1.82) is 0 Å². The second kappa shape index (κ2) is 20.2. The number of benzene rings is 3. The van der Waals surface area contributed by atoms with Gasteiger partial charge < -0.3 is 15.4 Å². The van der Waals surface area contributed by atoms with E-state index in [1.54, 1.807) is 17.0 Å². The van der Waals surface area contributed by atoms with Crippen LogP contribution in [0.25, 0.3) is 0 Å². The Hall–Kier alpha value is -4.45. The van der Waals surface area contributed by atoms with Gasteiger partial charge in [0.15, 0.2) is 6.10 Å². The molecule has 0 saturated heterocycles. The zero-order chi connectivity index (χ0) is 35.6. The summed E-state index contributed by atoms with van der Waals surface area (Å²) >= 11 is 6.82. The fraction of sp³-hybridized carbons (Fsp3) is 0.405. The van der Waals surface area contributed by atoms with E-state index in [2.05, 4.69) is 10.6 Å². The summed E-state index contributed by atoms with van der Waals surface area (Å²) in [5, 5.41) is 23.6. The molecule has 12 heteroatoms. The smallest absolute Gasteiger partial charge is 0.243 e. The predicted octanol–water partition coefficient (Wildman–Crippen LogP) is 5.69. The molecule has 3 aromatic carbocycles. The zero-order valence-electron chi connectivity index (χ0n) is 28.1. The second-order valence-corrected chi connectivity index (χ2v) is 12.8. The number of hydroxylamine groups is 2. The Morgan fingerprint density at radius 3 is 1.96 bits per heavy atom. The second-order valence-electron chi connectivity index (χ2n) is 12.4. The summed E-state index contributed by atoms with van der Waals surface area (Å²) in [4.78, 5) is 48.6. The first-order chi connectivity index (χ1) is 23.6. The van der Waals surface area contributed by atoms with Crippen LogP contribution in [0, 0.1) is 0 Å². The minimum absolute atomic E-state index is 0.0974. The van der Waals surface area contributed by atoms with Crippen molar-refractivity contribution < 1.29 is 34.3 Å². The van der Waals surface area contributed by atoms with Crippen LogP contribution in [0.1, 0.15) is 93.6 Å². The quantitative estimate of drug-likeness (QED) is 0.0502. The number of para-hydroxylation sites is 1. The molecule has 0 fully saturated rings. The zero-order valence-corrected chi connectivity index (χ0v) is 28.9. The number of rotatable bonds is 20. The number of hydrogen-bond donors (Lipinski definition) is 6. The van der Waals surface area contributed by atoms with Crippen molar-refractivity contribution in [2.45, 2.75) is 83.2 Å². The van der Waals surface area contributed by atoms with Gasteiger partial charge in [-0.2, -0.15) is 0 Å². The summed E-state index contributed by atoms with van der Waals surface area (Å²) in [6, 6.07) is 22.5. The van der Waals surface area contributed by atoms with E-state index < -0.39 is 23.3 Å². The molecule has 0 aliphatic carbocycles. The van der Waals surface area contributed by atoms with Gasteiger partial charge in [0, 0.05) is 42.1 Å². The third kappa shape index (κ3) is 12.5. The Kier molecular flexibility index (Phi) is 16.0. The van der Waals surface area contributed by atoms with Crippen LogP contribution in [-0.2, 0) is 31.0 Å². The molecule has 0 aliphatic heterocycles. The van der Waals surface area contributed by atoms with Crippen LogP contribution in [0.4, 0.5) is 0 Å². The highest BCUT2D eigenvalue weighted by molar-refractivity contribution is 6.31. The van der Waals surface area contributed by atoms with E-state index in [1.807, 2.05) is 80.6 Å². The lowest BCUT2D eigenvalue weighted by Crippen LogP contribution is -2.40. The molecule has 3 aromatic rings. The van der Waals surface area contributed by atoms with E-state index in [9.17, 15) is 19.2 Å². The van der Waals surface area contributed by atoms with Gasteiger partial charge in [0.2, 0.25) is 23.6 Å². The lowest BCUT2D eigenvalue weighted by Gasteiger charge is -2.27. The Labute approximate surface area is 292 Å². The minimum atomic E-state index is -0.904. The van der Waals surface area contributed by atoms with Crippen LogP contribution in [0.15, 0.2) is 72.8 Å². The Morgan fingerprint density at radius 1 is 0.735 bits per heavy atom. The van der Waals surface area contributed by atoms with Gasteiger partial charge in [0.1, 0.15) is 5.75 Å². The third-order valence-electron chi connectivity index (χ3n) is 8.26. The first kappa shape index (κ1) is 39.0. The fourth-order valence-electron chi connectivity index (χ4n) is 5.27. The summed E-state index contributed by atoms with van der Waals surface area (Å²) < 4.78 is 6.68. The number of ether oxygens (including phenoxy) is 1. The van der Waals surface area contributed by atoms with E-state index >= 15 is 0 Å². The number of halogens is 1. The maximum Gasteiger partial charge on any atom is 0.243 e. The SMILES string of the molecule is CC(C)(C(=O)NCCCCCC(=O)NO)c1ccc(Cl)c(C(Oc2ccccc2CC(=O)NCCCCCC(=O)NO)c2ccccc2)c1. The first-order valence-corrected chi connectivity index (χ1v) is 16.9. The molecule has 0 saturated carbocycles. The van der Waals surface area contributed by atoms with Crippen molar-refractivity contribution in [2.75, 3.05) is 13.1 Å². The normalized spacial score (nSPS) is 11.7. The Bertz CT molecular complexity index is 1530. The molecule has 3 rings (SSSR count). The van der Waals surface area contributed by atoms with Gasteiger partial charge in [0.25, 0.3) is 0 Å². The molecule has 264 valence electrons. The number of carbonyl (C=O) groups excluding carboxylic acids is 4. The number of carbonyl (C=O) groups is 4. The van der Waals surface area contributed by atoms with Crippen molar-refractivity contribution >= 4 is 35.2 Å². The maximum absolute atomic E-state index is 13.4. The topological polar surface area (TPSA) is 166 Å². The van der Waals surface area contributed by atoms with Crippen LogP contribution >= 0.6 is 11.6 Å². The van der Waals surface area contributed by atoms with E-state index in [1.165, 1.54) is 0 Å². The number of unbranched alkanes of at least 4 members (excludes halogenated alkanes) is 4. The minimum Gasteiger partial charge on any atom is -0.481 e. The molecule has 49 heavy (non-hydrogen) atoms. The predicted molar refractivity (Wildman–Crippen MR) is 186 cm³/mol. The van der Waals surface area contributed by atoms with Gasteiger partial charge in [-0.25, -0.2) is 11.0 Å². The largest absolute Gasteiger partial charge is 0.481 e. The molecule has 6 N–H and O–H groups in total. The van der Waals surface area contributed by atoms with Crippen molar-refractivity contribution in [2.24, 2.45) is 0 Å². The van der Waals surface area contributed by atoms with Crippen molar-refractivity contribution in [3.63, 3.8) is 0 Å². The monoisotopic (exact) mass is 694 g/mol. The fourth-order valence-corrected chi connectivity index (χ4v) is 5.48. The summed E-state index contributed by atoms with van der Waals surface area (Å²) in [5.41, 5.74) is 5.29. The highest BCUT2D eigenvalue weighted by Crippen LogP contribution is 2.37. The van der Waals surface area contributed by atoms with Gasteiger partial charge in [-0.3, -0.25) is 29.6 Å². The van der Waals surface area contributed by atoms with Crippen LogP contribution in [0.2, 0.25) is 5.02 Å². The molecule has 0 radical (unpaired) electrons. The van der Waals surface area contributed by atoms with Gasteiger partial charge in [-0.1, -0.05) is 79.0 Å². The average molecular weight is 695 g/mol. The van der Waals surface area contributed by atoms with Crippen LogP contribution < -0.4 is 26.3 Å². The number of hydrogen-bond acceptors (Lipinski definition) is 7. The summed E-state index contributed by atoms with van der Waals surface area (Å²) in [5.74, 6) is -0.648. The molecule has 0 spiro atoms. The first-order valence-electron chi connectivity index (χ1n) is 16.6. The van der Waals surface area contributed by atoms with Crippen molar-refractivity contribution in [3.05, 3.63) is 100 Å². The van der Waals surface area contributed by atoms with Gasteiger partial charge in [-0.15, -0.1) is 0 Å². The third-order valence-corrected chi connectivity index (χ3v) is 8.60. The van der Waals surface area contributed by atoms with Crippen molar-refractivity contribution in [3.8, 4) is 5.75 Å². The van der Waals surface area contributed by atoms with Gasteiger partial charge in [0.05, 0.1) is 11.8 Å². The summed E-state index contributed by atoms with van der Waals surface area (Å²) in [6.45, 7) is 4.61. The Morgan fingerprint density at radius 2 is 1.33 bits per heavy atom. The lowest BCUT2D eigenvalue weighted by atomic mass is 9.82. The molecule has 0 heterocycles. The van der Waals surface area contributed by atoms with Crippen molar-refractivity contribution in [1.82, 2.24) is 21.6 Å². The highest BCUT2D eigenvalue weighted by Gasteiger charge is 2.31. The van der Waals surface area contributed by atoms with E-state index in [0.717, 1.165) is 24.0 Å². The molecule has 11 nitrogen and oxygen atoms in total. The average Bonchev–Trinajstić information content (AvgIpc) is 3.11. The molecular formula is C37H47ClN4O7. The molecule has 0 aliphatic rings. The summed E-state index contributed by atoms with van der Waals surface area (Å²) in [7, 11) is 0. The van der Waals surface area contributed by atoms with E-state index in [4.69, 9.17) is 26.8 Å². The van der Waals surface area contributed by atoms with Crippen LogP contribution in [-0.4, -0.2) is 47.1 Å². The molecular weight excluding hydrogens is 648 g/mol. The maximum atomic E-state index is 13.4. The number of amides is 4. The van der Waals surface area contributed by atoms with E-state index in [-0.39, 0.29) is 31.1 Å². The lowest BCUT2D eigenvalue weighted by molar-refractivity contribution is -0.130. The molecule has 1 unspecified atom stereocenters. The van der Waals surface area contributed by atoms with E-state index in [0.29, 0.717) is 60.7 Å². The molecule has 4 amide bonds. The van der Waals surface area contributed by atoms with Crippen LogP contribution in [0.3, 0.4) is 0 Å². The molecule has 0 bridgehead atoms. The number of nitrogens with one attached hydrogen (secondary N) is 4.